The van der Waals surface area contributed by atoms with E-state index in [1.807, 2.05) is 0 Å². The summed E-state index contributed by atoms with van der Waals surface area (Å²) >= 11 is -2.31. The first-order chi connectivity index (χ1) is 1.73. The molecule has 0 fully saturated rings. The topological polar surface area (TPSA) is 0 Å². The quantitative estimate of drug-likeness (QED) is 0.601. The average molecular weight is 300 g/mol. The third kappa shape index (κ3) is 20.7. The van der Waals surface area contributed by atoms with Gasteiger partial charge in [-0.25, -0.2) is 0 Å². The molecule has 0 spiro atoms. The van der Waals surface area contributed by atoms with E-state index >= 15 is 0 Å². The summed E-state index contributed by atoms with van der Waals surface area (Å²) in [6.07, 6.45) is 0. The fraction of sp³-hybridized carbons (Fsp3) is 0. The minimum Gasteiger partial charge on any atom is 0 e. The van der Waals surface area contributed by atoms with Gasteiger partial charge in [0.25, 0.3) is 0 Å². The first-order valence-electron chi connectivity index (χ1n) is 0.655. The zero-order valence-corrected chi connectivity index (χ0v) is 9.16. The Kier molecular flexibility index (Phi) is 13.9. The molecular formula is Cl3LaMn. The first kappa shape index (κ1) is 10.5. The van der Waals surface area contributed by atoms with Crippen LogP contribution in [0.15, 0.2) is 0 Å². The molecule has 0 atom stereocenters. The summed E-state index contributed by atoms with van der Waals surface area (Å²) in [7, 11) is 0. The van der Waals surface area contributed by atoms with Gasteiger partial charge in [0, 0.05) is 17.1 Å². The summed E-state index contributed by atoms with van der Waals surface area (Å²) in [5, 5.41) is 0. The van der Waals surface area contributed by atoms with Crippen LogP contribution in [0.1, 0.15) is 0 Å². The Bertz CT molecular complexity index is 11.6. The standard InChI is InChI=1S/3ClH.La.Mn/h3*1H;;/q;;;+3;/p-3. The van der Waals surface area contributed by atoms with E-state index in [1.54, 1.807) is 0 Å². The van der Waals surface area contributed by atoms with Gasteiger partial charge in [-0.15, -0.1) is 0 Å². The molecule has 0 aromatic rings. The molecule has 0 aliphatic heterocycles. The van der Waals surface area contributed by atoms with Gasteiger partial charge in [0.05, 0.1) is 0 Å². The Labute approximate surface area is 61.7 Å². The normalized spacial score (nSPS) is 5.40. The van der Waals surface area contributed by atoms with E-state index < -0.39 is 25.7 Å². The van der Waals surface area contributed by atoms with Crippen LogP contribution in [-0.4, -0.2) is 0 Å². The Hall–Kier alpha value is 2.58. The molecule has 0 rings (SSSR count). The summed E-state index contributed by atoms with van der Waals surface area (Å²) in [6.45, 7) is 15.1. The van der Waals surface area contributed by atoms with Crippen LogP contribution in [0.3, 0.4) is 0 Å². The molecule has 0 amide bonds. The number of halogens is 3. The first-order valence-corrected chi connectivity index (χ1v) is 14.3. The minimum absolute atomic E-state index is 0. The van der Waals surface area contributed by atoms with Crippen molar-refractivity contribution in [1.29, 1.82) is 0 Å². The van der Waals surface area contributed by atoms with Crippen LogP contribution >= 0.6 is 20.4 Å². The van der Waals surface area contributed by atoms with Crippen LogP contribution in [0.5, 0.6) is 0 Å². The van der Waals surface area contributed by atoms with E-state index in [1.165, 1.54) is 0 Å². The third-order valence-electron chi connectivity index (χ3n) is 0. The molecule has 0 unspecified atom stereocenters. The maximum atomic E-state index is 5.03. The fourth-order valence-corrected chi connectivity index (χ4v) is 0. The van der Waals surface area contributed by atoms with Crippen LogP contribution in [0.2, 0.25) is 0 Å². The van der Waals surface area contributed by atoms with Crippen LogP contribution in [0.25, 0.3) is 0 Å². The van der Waals surface area contributed by atoms with E-state index in [0.717, 1.165) is 0 Å². The molecule has 1 radical (unpaired) electrons. The predicted octanol–water partition coefficient (Wildman–Crippen LogP) is 2.07. The van der Waals surface area contributed by atoms with Crippen molar-refractivity contribution in [2.75, 3.05) is 0 Å². The molecular weight excluding hydrogens is 300 g/mol. The van der Waals surface area contributed by atoms with E-state index in [0.29, 0.717) is 0 Å². The zero-order valence-electron chi connectivity index (χ0n) is 2.09. The van der Waals surface area contributed by atoms with Crippen LogP contribution < -0.4 is 0 Å². The number of rotatable bonds is 0. The SMILES string of the molecule is [Cl][La]([Cl])[Cl].[Mn]. The fourth-order valence-electron chi connectivity index (χ4n) is 0. The van der Waals surface area contributed by atoms with E-state index in [4.69, 9.17) is 20.4 Å². The van der Waals surface area contributed by atoms with E-state index in [2.05, 4.69) is 0 Å². The van der Waals surface area contributed by atoms with Gasteiger partial charge in [0.2, 0.25) is 0 Å². The summed E-state index contributed by atoms with van der Waals surface area (Å²) in [5.41, 5.74) is 0. The van der Waals surface area contributed by atoms with Gasteiger partial charge in [-0.05, 0) is 0 Å². The summed E-state index contributed by atoms with van der Waals surface area (Å²) in [5.74, 6) is 0. The average Bonchev–Trinajstić information content (AvgIpc) is 0.811. The smallest absolute Gasteiger partial charge is 0 e. The Balaban J connectivity index is 0. The second kappa shape index (κ2) is 6.58. The summed E-state index contributed by atoms with van der Waals surface area (Å²) in [6, 6.07) is 0. The molecule has 0 saturated heterocycles. The maximum absolute atomic E-state index is 5.03. The molecule has 5 heteroatoms. The largest absolute Gasteiger partial charge is 0 e. The van der Waals surface area contributed by atoms with Crippen molar-refractivity contribution in [3.8, 4) is 0 Å². The van der Waals surface area contributed by atoms with Gasteiger partial charge in [-0.2, -0.15) is 0 Å². The van der Waals surface area contributed by atoms with Gasteiger partial charge in [0.15, 0.2) is 0 Å². The van der Waals surface area contributed by atoms with Crippen LogP contribution in [-0.2, 0) is 17.1 Å². The van der Waals surface area contributed by atoms with E-state index in [9.17, 15) is 0 Å². The Morgan fingerprint density at radius 1 is 1.00 bits per heavy atom. The molecule has 0 N–H and O–H groups in total. The monoisotopic (exact) mass is 299 g/mol. The minimum atomic E-state index is -2.31. The van der Waals surface area contributed by atoms with Crippen molar-refractivity contribution in [2.45, 2.75) is 0 Å². The van der Waals surface area contributed by atoms with Gasteiger partial charge >= 0.3 is 46.0 Å². The molecule has 0 aromatic heterocycles. The molecule has 0 aliphatic rings. The van der Waals surface area contributed by atoms with Crippen molar-refractivity contribution in [2.24, 2.45) is 0 Å². The summed E-state index contributed by atoms with van der Waals surface area (Å²) < 4.78 is 0. The van der Waals surface area contributed by atoms with Crippen molar-refractivity contribution < 1.29 is 42.7 Å². The van der Waals surface area contributed by atoms with Gasteiger partial charge in [0.1, 0.15) is 0 Å². The van der Waals surface area contributed by atoms with Crippen molar-refractivity contribution >= 4 is 20.4 Å². The van der Waals surface area contributed by atoms with Gasteiger partial charge in [-0.1, -0.05) is 0 Å². The Morgan fingerprint density at radius 3 is 1.00 bits per heavy atom. The number of hydrogen-bond donors (Lipinski definition) is 0. The summed E-state index contributed by atoms with van der Waals surface area (Å²) in [4.78, 5) is 0. The van der Waals surface area contributed by atoms with Crippen LogP contribution in [0, 0.1) is 25.7 Å². The molecule has 31 valence electrons. The van der Waals surface area contributed by atoms with Crippen LogP contribution in [0.4, 0.5) is 0 Å². The molecule has 0 aromatic carbocycles. The molecule has 0 nitrogen and oxygen atoms in total. The predicted molar refractivity (Wildman–Crippen MR) is 17.6 cm³/mol. The maximum Gasteiger partial charge on any atom is 0 e. The van der Waals surface area contributed by atoms with E-state index in [-0.39, 0.29) is 17.1 Å². The molecule has 0 aliphatic carbocycles. The molecule has 0 heterocycles. The van der Waals surface area contributed by atoms with Gasteiger partial charge in [-0.3, -0.25) is 0 Å². The molecule has 5 heavy (non-hydrogen) atoms. The second-order valence-corrected chi connectivity index (χ2v) is 16.2. The van der Waals surface area contributed by atoms with Crippen molar-refractivity contribution in [3.05, 3.63) is 0 Å². The zero-order chi connectivity index (χ0) is 3.58. The van der Waals surface area contributed by atoms with Crippen molar-refractivity contribution in [1.82, 2.24) is 0 Å². The Morgan fingerprint density at radius 2 is 1.00 bits per heavy atom. The molecule has 0 bridgehead atoms. The van der Waals surface area contributed by atoms with Gasteiger partial charge < -0.3 is 0 Å². The van der Waals surface area contributed by atoms with Crippen molar-refractivity contribution in [3.63, 3.8) is 0 Å². The number of hydrogen-bond acceptors (Lipinski definition) is 0. The third-order valence-corrected chi connectivity index (χ3v) is 0. The molecule has 0 saturated carbocycles. The second-order valence-electron chi connectivity index (χ2n) is 0.247.